The molecule has 0 atom stereocenters. The molecule has 0 saturated carbocycles. The standard InChI is InChI=1S/C30H25F3O/c1-3-20-5-12-23(13-6-20)26-17-15-24(29(32)30(26)33)14-9-21-7-10-22(11-8-21)25-16-18-28(34-4-2)27(31)19-25/h5-19H,3-4H2,1-2H3. The minimum absolute atomic E-state index is 0.170. The molecule has 4 aromatic carbocycles. The van der Waals surface area contributed by atoms with Gasteiger partial charge in [0.25, 0.3) is 0 Å². The van der Waals surface area contributed by atoms with E-state index in [1.165, 1.54) is 6.07 Å². The fourth-order valence-electron chi connectivity index (χ4n) is 3.76. The van der Waals surface area contributed by atoms with Gasteiger partial charge in [0.1, 0.15) is 0 Å². The summed E-state index contributed by atoms with van der Waals surface area (Å²) < 4.78 is 48.9. The average Bonchev–Trinajstić information content (AvgIpc) is 2.87. The van der Waals surface area contributed by atoms with Crippen LogP contribution in [-0.2, 0) is 6.42 Å². The van der Waals surface area contributed by atoms with Crippen LogP contribution < -0.4 is 4.74 Å². The number of rotatable bonds is 7. The molecule has 4 aromatic rings. The fraction of sp³-hybridized carbons (Fsp3) is 0.133. The number of ether oxygens (including phenoxy) is 1. The third-order valence-corrected chi connectivity index (χ3v) is 5.72. The zero-order valence-electron chi connectivity index (χ0n) is 19.1. The number of halogens is 3. The molecule has 0 aliphatic carbocycles. The molecule has 172 valence electrons. The van der Waals surface area contributed by atoms with Crippen molar-refractivity contribution in [3.8, 4) is 28.0 Å². The minimum Gasteiger partial charge on any atom is -0.491 e. The molecule has 0 unspecified atom stereocenters. The van der Waals surface area contributed by atoms with Crippen LogP contribution in [-0.4, -0.2) is 6.61 Å². The van der Waals surface area contributed by atoms with Crippen LogP contribution in [0.15, 0.2) is 78.9 Å². The van der Waals surface area contributed by atoms with Gasteiger partial charge in [-0.3, -0.25) is 0 Å². The predicted molar refractivity (Wildman–Crippen MR) is 133 cm³/mol. The lowest BCUT2D eigenvalue weighted by Crippen LogP contribution is -1.94. The van der Waals surface area contributed by atoms with Crippen LogP contribution in [0, 0.1) is 17.5 Å². The van der Waals surface area contributed by atoms with Gasteiger partial charge < -0.3 is 4.74 Å². The third kappa shape index (κ3) is 5.07. The van der Waals surface area contributed by atoms with Crippen LogP contribution in [0.5, 0.6) is 5.75 Å². The topological polar surface area (TPSA) is 9.23 Å². The van der Waals surface area contributed by atoms with Gasteiger partial charge in [0.15, 0.2) is 23.2 Å². The molecule has 1 nitrogen and oxygen atoms in total. The predicted octanol–water partition coefficient (Wildman–Crippen LogP) is 8.57. The first-order valence-corrected chi connectivity index (χ1v) is 11.3. The lowest BCUT2D eigenvalue weighted by Gasteiger charge is -2.08. The second-order valence-corrected chi connectivity index (χ2v) is 7.91. The molecule has 0 N–H and O–H groups in total. The second kappa shape index (κ2) is 10.4. The van der Waals surface area contributed by atoms with Gasteiger partial charge in [0, 0.05) is 11.1 Å². The van der Waals surface area contributed by atoms with Gasteiger partial charge in [-0.05, 0) is 53.3 Å². The van der Waals surface area contributed by atoms with Gasteiger partial charge in [0.2, 0.25) is 0 Å². The van der Waals surface area contributed by atoms with Crippen molar-refractivity contribution in [1.82, 2.24) is 0 Å². The van der Waals surface area contributed by atoms with Gasteiger partial charge in [-0.15, -0.1) is 0 Å². The van der Waals surface area contributed by atoms with E-state index in [9.17, 15) is 13.2 Å². The van der Waals surface area contributed by atoms with Gasteiger partial charge in [0.05, 0.1) is 6.61 Å². The van der Waals surface area contributed by atoms with Gasteiger partial charge in [-0.2, -0.15) is 0 Å². The van der Waals surface area contributed by atoms with Crippen LogP contribution >= 0.6 is 0 Å². The molecule has 34 heavy (non-hydrogen) atoms. The molecule has 0 aliphatic rings. The Labute approximate surface area is 198 Å². The Morgan fingerprint density at radius 3 is 2.00 bits per heavy atom. The molecule has 0 bridgehead atoms. The Hall–Kier alpha value is -3.79. The highest BCUT2D eigenvalue weighted by molar-refractivity contribution is 5.74. The van der Waals surface area contributed by atoms with Crippen LogP contribution in [0.4, 0.5) is 13.2 Å². The quantitative estimate of drug-likeness (QED) is 0.252. The first-order valence-electron chi connectivity index (χ1n) is 11.3. The summed E-state index contributed by atoms with van der Waals surface area (Å²) in [5, 5.41) is 0. The van der Waals surface area contributed by atoms with E-state index in [1.807, 2.05) is 55.5 Å². The monoisotopic (exact) mass is 458 g/mol. The molecule has 0 spiro atoms. The number of hydrogen-bond donors (Lipinski definition) is 0. The van der Waals surface area contributed by atoms with E-state index >= 15 is 0 Å². The summed E-state index contributed by atoms with van der Waals surface area (Å²) in [4.78, 5) is 0. The highest BCUT2D eigenvalue weighted by Gasteiger charge is 2.13. The Kier molecular flexibility index (Phi) is 7.17. The SMILES string of the molecule is CCOc1ccc(-c2ccc(C=Cc3ccc(-c4ccc(CC)cc4)c(F)c3F)cc2)cc1F. The molecular weight excluding hydrogens is 433 g/mol. The van der Waals surface area contributed by atoms with E-state index in [4.69, 9.17) is 4.74 Å². The van der Waals surface area contributed by atoms with Crippen molar-refractivity contribution in [3.63, 3.8) is 0 Å². The summed E-state index contributed by atoms with van der Waals surface area (Å²) in [6.45, 7) is 4.25. The molecule has 0 aliphatic heterocycles. The van der Waals surface area contributed by atoms with Crippen LogP contribution in [0.2, 0.25) is 0 Å². The fourth-order valence-corrected chi connectivity index (χ4v) is 3.76. The van der Waals surface area contributed by atoms with Gasteiger partial charge in [-0.1, -0.05) is 85.8 Å². The summed E-state index contributed by atoms with van der Waals surface area (Å²) in [6, 6.07) is 22.9. The zero-order chi connectivity index (χ0) is 24.1. The Balaban J connectivity index is 1.52. The van der Waals surface area contributed by atoms with Crippen molar-refractivity contribution in [1.29, 1.82) is 0 Å². The largest absolute Gasteiger partial charge is 0.491 e. The van der Waals surface area contributed by atoms with Crippen LogP contribution in [0.25, 0.3) is 34.4 Å². The van der Waals surface area contributed by atoms with Gasteiger partial charge in [-0.25, -0.2) is 13.2 Å². The van der Waals surface area contributed by atoms with Crippen LogP contribution in [0.1, 0.15) is 30.5 Å². The molecule has 4 heteroatoms. The summed E-state index contributed by atoms with van der Waals surface area (Å²) >= 11 is 0. The van der Waals surface area contributed by atoms with E-state index in [0.29, 0.717) is 12.2 Å². The molecule has 0 heterocycles. The van der Waals surface area contributed by atoms with Crippen molar-refractivity contribution < 1.29 is 17.9 Å². The second-order valence-electron chi connectivity index (χ2n) is 7.91. The molecule has 0 saturated heterocycles. The smallest absolute Gasteiger partial charge is 0.167 e. The molecule has 0 radical (unpaired) electrons. The highest BCUT2D eigenvalue weighted by atomic mass is 19.2. The maximum absolute atomic E-state index is 14.8. The molecule has 0 fully saturated rings. The first-order chi connectivity index (χ1) is 16.5. The number of benzene rings is 4. The van der Waals surface area contributed by atoms with Crippen LogP contribution in [0.3, 0.4) is 0 Å². The molecule has 0 aromatic heterocycles. The summed E-state index contributed by atoms with van der Waals surface area (Å²) in [6.07, 6.45) is 4.16. The molecule has 4 rings (SSSR count). The van der Waals surface area contributed by atoms with Crippen molar-refractivity contribution in [2.45, 2.75) is 20.3 Å². The van der Waals surface area contributed by atoms with E-state index in [1.54, 1.807) is 43.3 Å². The number of hydrogen-bond acceptors (Lipinski definition) is 1. The van der Waals surface area contributed by atoms with E-state index in [-0.39, 0.29) is 16.9 Å². The summed E-state index contributed by atoms with van der Waals surface area (Å²) in [5.74, 6) is -1.93. The molecule has 0 amide bonds. The average molecular weight is 459 g/mol. The Bertz CT molecular complexity index is 1310. The summed E-state index contributed by atoms with van der Waals surface area (Å²) in [5.41, 5.74) is 4.58. The van der Waals surface area contributed by atoms with Gasteiger partial charge >= 0.3 is 0 Å². The maximum atomic E-state index is 14.8. The lowest BCUT2D eigenvalue weighted by atomic mass is 10.00. The maximum Gasteiger partial charge on any atom is 0.167 e. The van der Waals surface area contributed by atoms with E-state index in [2.05, 4.69) is 0 Å². The van der Waals surface area contributed by atoms with Crippen molar-refractivity contribution in [2.75, 3.05) is 6.61 Å². The first kappa shape index (κ1) is 23.4. The minimum atomic E-state index is -0.880. The Morgan fingerprint density at radius 2 is 1.35 bits per heavy atom. The van der Waals surface area contributed by atoms with E-state index < -0.39 is 17.5 Å². The zero-order valence-corrected chi connectivity index (χ0v) is 19.1. The highest BCUT2D eigenvalue weighted by Crippen LogP contribution is 2.29. The van der Waals surface area contributed by atoms with Crippen molar-refractivity contribution in [3.05, 3.63) is 113 Å². The third-order valence-electron chi connectivity index (χ3n) is 5.72. The van der Waals surface area contributed by atoms with Crippen molar-refractivity contribution >= 4 is 12.2 Å². The van der Waals surface area contributed by atoms with E-state index in [0.717, 1.165) is 28.7 Å². The normalized spacial score (nSPS) is 11.2. The Morgan fingerprint density at radius 1 is 0.676 bits per heavy atom. The number of aryl methyl sites for hydroxylation is 1. The summed E-state index contributed by atoms with van der Waals surface area (Å²) in [7, 11) is 0. The lowest BCUT2D eigenvalue weighted by molar-refractivity contribution is 0.321. The van der Waals surface area contributed by atoms with Crippen molar-refractivity contribution in [2.24, 2.45) is 0 Å². The molecular formula is C30H25F3O.